The third kappa shape index (κ3) is 4.53. The number of carbonyl (C=O) groups excluding carboxylic acids is 1. The SMILES string of the molecule is COc1cc(Cl)cc(C=Nn2c(C3CCCCC3)nc3ccccc3c2=O)c1OC(C)=O. The molecule has 0 amide bonds. The molecule has 1 aromatic heterocycles. The summed E-state index contributed by atoms with van der Waals surface area (Å²) in [6.45, 7) is 1.30. The maximum Gasteiger partial charge on any atom is 0.308 e. The van der Waals surface area contributed by atoms with Gasteiger partial charge in [-0.15, -0.1) is 0 Å². The molecule has 1 fully saturated rings. The zero-order valence-electron chi connectivity index (χ0n) is 18.0. The fraction of sp³-hybridized carbons (Fsp3) is 0.333. The van der Waals surface area contributed by atoms with Crippen molar-refractivity contribution < 1.29 is 14.3 Å². The number of fused-ring (bicyclic) bond motifs is 1. The van der Waals surface area contributed by atoms with E-state index in [2.05, 4.69) is 5.10 Å². The van der Waals surface area contributed by atoms with E-state index < -0.39 is 5.97 Å². The molecular weight excluding hydrogens is 430 g/mol. The summed E-state index contributed by atoms with van der Waals surface area (Å²) in [5.41, 5.74) is 0.837. The Bertz CT molecular complexity index is 1250. The summed E-state index contributed by atoms with van der Waals surface area (Å²) in [5, 5.41) is 5.38. The van der Waals surface area contributed by atoms with Crippen LogP contribution in [-0.4, -0.2) is 29.0 Å². The highest BCUT2D eigenvalue weighted by Gasteiger charge is 2.22. The average molecular weight is 454 g/mol. The minimum absolute atomic E-state index is 0.153. The van der Waals surface area contributed by atoms with Crippen LogP contribution in [-0.2, 0) is 4.79 Å². The lowest BCUT2D eigenvalue weighted by Gasteiger charge is -2.22. The molecule has 0 atom stereocenters. The smallest absolute Gasteiger partial charge is 0.308 e. The zero-order chi connectivity index (χ0) is 22.7. The molecule has 0 spiro atoms. The first-order valence-electron chi connectivity index (χ1n) is 10.6. The topological polar surface area (TPSA) is 82.8 Å². The predicted octanol–water partition coefficient (Wildman–Crippen LogP) is 4.91. The van der Waals surface area contributed by atoms with Crippen molar-refractivity contribution in [3.63, 3.8) is 0 Å². The molecule has 0 radical (unpaired) electrons. The first kappa shape index (κ1) is 22.0. The quantitative estimate of drug-likeness (QED) is 0.311. The lowest BCUT2D eigenvalue weighted by Crippen LogP contribution is -2.25. The van der Waals surface area contributed by atoms with Crippen LogP contribution in [0.5, 0.6) is 11.5 Å². The van der Waals surface area contributed by atoms with Gasteiger partial charge < -0.3 is 9.47 Å². The normalized spacial score (nSPS) is 14.7. The van der Waals surface area contributed by atoms with Gasteiger partial charge >= 0.3 is 5.97 Å². The second-order valence-electron chi connectivity index (χ2n) is 7.80. The predicted molar refractivity (Wildman–Crippen MR) is 124 cm³/mol. The van der Waals surface area contributed by atoms with E-state index in [1.54, 1.807) is 24.3 Å². The van der Waals surface area contributed by atoms with Gasteiger partial charge in [-0.3, -0.25) is 9.59 Å². The second kappa shape index (κ2) is 9.53. The molecule has 1 heterocycles. The largest absolute Gasteiger partial charge is 0.493 e. The second-order valence-corrected chi connectivity index (χ2v) is 8.24. The minimum Gasteiger partial charge on any atom is -0.493 e. The molecule has 0 aliphatic heterocycles. The summed E-state index contributed by atoms with van der Waals surface area (Å²) in [5.74, 6) is 0.778. The molecule has 166 valence electrons. The molecule has 1 aliphatic carbocycles. The van der Waals surface area contributed by atoms with Crippen molar-refractivity contribution in [2.45, 2.75) is 44.9 Å². The van der Waals surface area contributed by atoms with E-state index in [0.29, 0.717) is 33.1 Å². The van der Waals surface area contributed by atoms with E-state index >= 15 is 0 Å². The van der Waals surface area contributed by atoms with Gasteiger partial charge in [0.15, 0.2) is 11.5 Å². The summed E-state index contributed by atoms with van der Waals surface area (Å²) in [4.78, 5) is 29.8. The number of nitrogens with zero attached hydrogens (tertiary/aromatic N) is 3. The van der Waals surface area contributed by atoms with Crippen LogP contribution in [0.1, 0.15) is 56.3 Å². The summed E-state index contributed by atoms with van der Waals surface area (Å²) in [7, 11) is 1.46. The van der Waals surface area contributed by atoms with Gasteiger partial charge in [-0.25, -0.2) is 4.98 Å². The van der Waals surface area contributed by atoms with Gasteiger partial charge in [0.05, 0.1) is 24.2 Å². The number of rotatable bonds is 5. The standard InChI is InChI=1S/C24H24ClN3O4/c1-15(29)32-22-17(12-18(25)13-21(22)31-2)14-26-28-23(16-8-4-3-5-9-16)27-20-11-7-6-10-19(20)24(28)30/h6-7,10-14,16H,3-5,8-9H2,1-2H3. The number of benzene rings is 2. The zero-order valence-corrected chi connectivity index (χ0v) is 18.8. The van der Waals surface area contributed by atoms with Crippen molar-refractivity contribution in [2.24, 2.45) is 5.10 Å². The molecule has 0 N–H and O–H groups in total. The molecule has 0 bridgehead atoms. The fourth-order valence-corrected chi connectivity index (χ4v) is 4.30. The van der Waals surface area contributed by atoms with Gasteiger partial charge in [-0.05, 0) is 31.0 Å². The molecule has 1 saturated carbocycles. The van der Waals surface area contributed by atoms with Crippen LogP contribution in [0, 0.1) is 0 Å². The van der Waals surface area contributed by atoms with Crippen LogP contribution >= 0.6 is 11.6 Å². The summed E-state index contributed by atoms with van der Waals surface area (Å²) in [6.07, 6.45) is 6.76. The Kier molecular flexibility index (Phi) is 6.55. The lowest BCUT2D eigenvalue weighted by molar-refractivity contribution is -0.132. The number of halogens is 1. The molecule has 0 saturated heterocycles. The number of ether oxygens (including phenoxy) is 2. The Hall–Kier alpha value is -3.19. The number of carbonyl (C=O) groups is 1. The van der Waals surface area contributed by atoms with Crippen molar-refractivity contribution in [3.8, 4) is 11.5 Å². The Labute approximate surface area is 190 Å². The Morgan fingerprint density at radius 1 is 1.22 bits per heavy atom. The van der Waals surface area contributed by atoms with Crippen LogP contribution in [0.3, 0.4) is 0 Å². The summed E-state index contributed by atoms with van der Waals surface area (Å²) in [6, 6.07) is 10.4. The van der Waals surface area contributed by atoms with Gasteiger partial charge in [0.2, 0.25) is 0 Å². The van der Waals surface area contributed by atoms with Crippen LogP contribution in [0.25, 0.3) is 10.9 Å². The first-order valence-corrected chi connectivity index (χ1v) is 11.0. The van der Waals surface area contributed by atoms with Gasteiger partial charge in [-0.2, -0.15) is 9.78 Å². The number of methoxy groups -OCH3 is 1. The molecule has 0 unspecified atom stereocenters. The Morgan fingerprint density at radius 2 is 1.97 bits per heavy atom. The number of aromatic nitrogens is 2. The molecule has 32 heavy (non-hydrogen) atoms. The van der Waals surface area contributed by atoms with Gasteiger partial charge in [-0.1, -0.05) is 43.0 Å². The highest BCUT2D eigenvalue weighted by molar-refractivity contribution is 6.31. The lowest BCUT2D eigenvalue weighted by atomic mass is 9.88. The van der Waals surface area contributed by atoms with E-state index in [9.17, 15) is 9.59 Å². The maximum absolute atomic E-state index is 13.3. The van der Waals surface area contributed by atoms with Crippen molar-refractivity contribution in [3.05, 3.63) is 63.2 Å². The first-order chi connectivity index (χ1) is 15.5. The van der Waals surface area contributed by atoms with E-state index in [1.165, 1.54) is 31.3 Å². The van der Waals surface area contributed by atoms with Crippen molar-refractivity contribution in [1.29, 1.82) is 0 Å². The van der Waals surface area contributed by atoms with E-state index in [-0.39, 0.29) is 17.2 Å². The third-order valence-corrected chi connectivity index (χ3v) is 5.79. The van der Waals surface area contributed by atoms with Crippen LogP contribution in [0.4, 0.5) is 0 Å². The number of hydrogen-bond acceptors (Lipinski definition) is 6. The Balaban J connectivity index is 1.87. The molecule has 4 rings (SSSR count). The van der Waals surface area contributed by atoms with Crippen molar-refractivity contribution in [1.82, 2.24) is 9.66 Å². The Morgan fingerprint density at radius 3 is 2.69 bits per heavy atom. The molecule has 2 aromatic carbocycles. The summed E-state index contributed by atoms with van der Waals surface area (Å²) < 4.78 is 12.0. The monoisotopic (exact) mass is 453 g/mol. The van der Waals surface area contributed by atoms with Gasteiger partial charge in [0.25, 0.3) is 5.56 Å². The molecule has 1 aliphatic rings. The highest BCUT2D eigenvalue weighted by atomic mass is 35.5. The summed E-state index contributed by atoms with van der Waals surface area (Å²) >= 11 is 6.22. The van der Waals surface area contributed by atoms with Crippen LogP contribution in [0.2, 0.25) is 5.02 Å². The van der Waals surface area contributed by atoms with Crippen molar-refractivity contribution in [2.75, 3.05) is 7.11 Å². The highest BCUT2D eigenvalue weighted by Crippen LogP contribution is 2.35. The average Bonchev–Trinajstić information content (AvgIpc) is 2.80. The maximum atomic E-state index is 13.3. The molecular formula is C24H24ClN3O4. The van der Waals surface area contributed by atoms with E-state index in [1.807, 2.05) is 12.1 Å². The van der Waals surface area contributed by atoms with E-state index in [0.717, 1.165) is 25.7 Å². The minimum atomic E-state index is -0.507. The molecule has 8 heteroatoms. The number of hydrogen-bond donors (Lipinski definition) is 0. The van der Waals surface area contributed by atoms with Crippen LogP contribution in [0.15, 0.2) is 46.3 Å². The van der Waals surface area contributed by atoms with Gasteiger partial charge in [0.1, 0.15) is 5.82 Å². The third-order valence-electron chi connectivity index (χ3n) is 5.58. The number of para-hydroxylation sites is 1. The fourth-order valence-electron chi connectivity index (χ4n) is 4.09. The number of esters is 1. The van der Waals surface area contributed by atoms with E-state index in [4.69, 9.17) is 26.1 Å². The molecule has 3 aromatic rings. The molecule has 7 nitrogen and oxygen atoms in total. The van der Waals surface area contributed by atoms with Gasteiger partial charge in [0, 0.05) is 29.5 Å². The van der Waals surface area contributed by atoms with Crippen LogP contribution < -0.4 is 15.0 Å². The van der Waals surface area contributed by atoms with Crippen molar-refractivity contribution >= 4 is 34.7 Å².